The minimum Gasteiger partial charge on any atom is -0.493 e. The highest BCUT2D eigenvalue weighted by molar-refractivity contribution is 7.20. The van der Waals surface area contributed by atoms with Gasteiger partial charge in [-0.2, -0.15) is 0 Å². The zero-order valence-corrected chi connectivity index (χ0v) is 18.2. The lowest BCUT2D eigenvalue weighted by Gasteiger charge is -2.32. The third-order valence-electron chi connectivity index (χ3n) is 5.57. The van der Waals surface area contributed by atoms with Crippen LogP contribution in [0.3, 0.4) is 0 Å². The maximum absolute atomic E-state index is 12.6. The molecule has 4 aromatic rings. The van der Waals surface area contributed by atoms with Gasteiger partial charge in [0, 0.05) is 42.7 Å². The number of fused-ring (bicyclic) bond motifs is 2. The molecule has 7 nitrogen and oxygen atoms in total. The van der Waals surface area contributed by atoms with Crippen LogP contribution in [-0.2, 0) is 11.3 Å². The highest BCUT2D eigenvalue weighted by atomic mass is 32.1. The molecular formula is C23H23N3O4S. The van der Waals surface area contributed by atoms with Crippen LogP contribution in [0.25, 0.3) is 21.2 Å². The Morgan fingerprint density at radius 1 is 1.35 bits per heavy atom. The fourth-order valence-electron chi connectivity index (χ4n) is 4.12. The van der Waals surface area contributed by atoms with Crippen molar-refractivity contribution in [1.82, 2.24) is 15.2 Å². The molecule has 1 N–H and O–H groups in total. The number of rotatable bonds is 5. The van der Waals surface area contributed by atoms with E-state index in [1.54, 1.807) is 20.4 Å². The standard InChI is InChI=1S/C23H23N3O4S/c1-24-22(27)21-19(16-6-4-8-25-23(16)31-21)18-13-26(9-10-29-18)12-15-11-14-5-3-7-17(28-2)20(14)30-15/h3-8,11,18H,9-10,12-13H2,1-2H3,(H,24,27). The van der Waals surface area contributed by atoms with Crippen LogP contribution in [0.4, 0.5) is 0 Å². The number of pyridine rings is 1. The lowest BCUT2D eigenvalue weighted by Crippen LogP contribution is -2.38. The SMILES string of the molecule is CNC(=O)c1sc2ncccc2c1C1CN(Cc2cc3cccc(OC)c3o2)CCO1. The number of hydrogen-bond donors (Lipinski definition) is 1. The van der Waals surface area contributed by atoms with E-state index in [1.807, 2.05) is 30.3 Å². The maximum Gasteiger partial charge on any atom is 0.261 e. The van der Waals surface area contributed by atoms with E-state index in [0.717, 1.165) is 44.8 Å². The zero-order valence-electron chi connectivity index (χ0n) is 17.4. The lowest BCUT2D eigenvalue weighted by atomic mass is 10.0. The van der Waals surface area contributed by atoms with Crippen LogP contribution in [0.2, 0.25) is 0 Å². The van der Waals surface area contributed by atoms with E-state index in [1.165, 1.54) is 11.3 Å². The monoisotopic (exact) mass is 437 g/mol. The van der Waals surface area contributed by atoms with Gasteiger partial charge in [-0.05, 0) is 18.2 Å². The molecule has 1 aromatic carbocycles. The lowest BCUT2D eigenvalue weighted by molar-refractivity contribution is -0.0339. The molecule has 0 aliphatic carbocycles. The van der Waals surface area contributed by atoms with Crippen molar-refractivity contribution in [1.29, 1.82) is 0 Å². The van der Waals surface area contributed by atoms with Gasteiger partial charge in [0.05, 0.1) is 26.4 Å². The van der Waals surface area contributed by atoms with Crippen LogP contribution in [0, 0.1) is 0 Å². The molecule has 1 aliphatic rings. The minimum absolute atomic E-state index is 0.108. The minimum atomic E-state index is -0.210. The molecule has 4 heterocycles. The van der Waals surface area contributed by atoms with Crippen LogP contribution in [0.1, 0.15) is 27.1 Å². The van der Waals surface area contributed by atoms with Gasteiger partial charge in [-0.25, -0.2) is 4.98 Å². The van der Waals surface area contributed by atoms with E-state index in [-0.39, 0.29) is 12.0 Å². The molecule has 1 fully saturated rings. The topological polar surface area (TPSA) is 76.8 Å². The Bertz CT molecular complexity index is 1250. The number of methoxy groups -OCH3 is 1. The molecule has 0 spiro atoms. The third-order valence-corrected chi connectivity index (χ3v) is 6.70. The summed E-state index contributed by atoms with van der Waals surface area (Å²) in [7, 11) is 3.29. The van der Waals surface area contributed by atoms with Gasteiger partial charge in [-0.1, -0.05) is 18.2 Å². The average Bonchev–Trinajstić information content (AvgIpc) is 3.39. The van der Waals surface area contributed by atoms with E-state index < -0.39 is 0 Å². The highest BCUT2D eigenvalue weighted by Crippen LogP contribution is 2.37. The molecule has 5 rings (SSSR count). The summed E-state index contributed by atoms with van der Waals surface area (Å²) < 4.78 is 17.6. The normalized spacial score (nSPS) is 17.3. The van der Waals surface area contributed by atoms with E-state index >= 15 is 0 Å². The number of nitrogens with one attached hydrogen (secondary N) is 1. The van der Waals surface area contributed by atoms with Crippen molar-refractivity contribution in [3.63, 3.8) is 0 Å². The summed E-state index contributed by atoms with van der Waals surface area (Å²) in [4.78, 5) is 20.8. The predicted octanol–water partition coefficient (Wildman–Crippen LogP) is 3.98. The summed E-state index contributed by atoms with van der Waals surface area (Å²) >= 11 is 1.41. The zero-order chi connectivity index (χ0) is 21.4. The van der Waals surface area contributed by atoms with Crippen molar-refractivity contribution in [2.75, 3.05) is 33.9 Å². The van der Waals surface area contributed by atoms with Crippen molar-refractivity contribution in [2.24, 2.45) is 0 Å². The molecule has 1 atom stereocenters. The van der Waals surface area contributed by atoms with Crippen LogP contribution in [-0.4, -0.2) is 49.6 Å². The van der Waals surface area contributed by atoms with E-state index in [2.05, 4.69) is 21.3 Å². The first kappa shape index (κ1) is 20.0. The summed E-state index contributed by atoms with van der Waals surface area (Å²) in [5.74, 6) is 1.50. The Hall–Kier alpha value is -2.94. The molecule has 1 unspecified atom stereocenters. The first-order valence-corrected chi connectivity index (χ1v) is 11.0. The number of thiophene rings is 1. The van der Waals surface area contributed by atoms with E-state index in [9.17, 15) is 4.79 Å². The Kier molecular flexibility index (Phi) is 5.35. The van der Waals surface area contributed by atoms with E-state index in [4.69, 9.17) is 13.9 Å². The van der Waals surface area contributed by atoms with Crippen molar-refractivity contribution in [2.45, 2.75) is 12.6 Å². The van der Waals surface area contributed by atoms with Gasteiger partial charge in [0.25, 0.3) is 5.91 Å². The van der Waals surface area contributed by atoms with Gasteiger partial charge in [0.15, 0.2) is 11.3 Å². The van der Waals surface area contributed by atoms with Gasteiger partial charge >= 0.3 is 0 Å². The fraction of sp³-hybridized carbons (Fsp3) is 0.304. The fourth-order valence-corrected chi connectivity index (χ4v) is 5.26. The first-order valence-electron chi connectivity index (χ1n) is 10.2. The molecule has 31 heavy (non-hydrogen) atoms. The second-order valence-electron chi connectivity index (χ2n) is 7.47. The van der Waals surface area contributed by atoms with Gasteiger partial charge < -0.3 is 19.2 Å². The number of furan rings is 1. The number of ether oxygens (including phenoxy) is 2. The molecule has 0 bridgehead atoms. The molecule has 1 amide bonds. The summed E-state index contributed by atoms with van der Waals surface area (Å²) in [6.45, 7) is 2.70. The number of carbonyl (C=O) groups is 1. The van der Waals surface area contributed by atoms with Crippen molar-refractivity contribution >= 4 is 38.4 Å². The van der Waals surface area contributed by atoms with Crippen LogP contribution >= 0.6 is 11.3 Å². The molecule has 1 saturated heterocycles. The molecule has 0 saturated carbocycles. The maximum atomic E-state index is 12.6. The molecular weight excluding hydrogens is 414 g/mol. The highest BCUT2D eigenvalue weighted by Gasteiger charge is 2.30. The first-order chi connectivity index (χ1) is 15.2. The van der Waals surface area contributed by atoms with Crippen LogP contribution in [0.5, 0.6) is 5.75 Å². The number of carbonyl (C=O) groups excluding carboxylic acids is 1. The second-order valence-corrected chi connectivity index (χ2v) is 8.47. The van der Waals surface area contributed by atoms with Crippen molar-refractivity contribution < 1.29 is 18.7 Å². The largest absolute Gasteiger partial charge is 0.493 e. The average molecular weight is 438 g/mol. The van der Waals surface area contributed by atoms with Gasteiger partial charge in [0.1, 0.15) is 15.5 Å². The Balaban J connectivity index is 1.43. The number of para-hydroxylation sites is 1. The molecule has 3 aromatic heterocycles. The number of nitrogens with zero attached hydrogens (tertiary/aromatic N) is 2. The Morgan fingerprint density at radius 2 is 2.26 bits per heavy atom. The smallest absolute Gasteiger partial charge is 0.261 e. The summed E-state index contributed by atoms with van der Waals surface area (Å²) in [5.41, 5.74) is 1.69. The molecule has 0 radical (unpaired) electrons. The number of hydrogen-bond acceptors (Lipinski definition) is 7. The summed E-state index contributed by atoms with van der Waals surface area (Å²) in [5, 5.41) is 4.75. The van der Waals surface area contributed by atoms with Crippen molar-refractivity contribution in [3.05, 3.63) is 58.8 Å². The van der Waals surface area contributed by atoms with Gasteiger partial charge in [-0.3, -0.25) is 9.69 Å². The Labute approximate surface area is 183 Å². The summed E-state index contributed by atoms with van der Waals surface area (Å²) in [6, 6.07) is 11.8. The third kappa shape index (κ3) is 3.67. The summed E-state index contributed by atoms with van der Waals surface area (Å²) in [6.07, 6.45) is 1.54. The van der Waals surface area contributed by atoms with Crippen LogP contribution < -0.4 is 10.1 Å². The molecule has 1 aliphatic heterocycles. The quantitative estimate of drug-likeness (QED) is 0.509. The van der Waals surface area contributed by atoms with Crippen molar-refractivity contribution in [3.8, 4) is 5.75 Å². The predicted molar refractivity (Wildman–Crippen MR) is 120 cm³/mol. The molecule has 160 valence electrons. The second kappa shape index (κ2) is 8.30. The number of aromatic nitrogens is 1. The van der Waals surface area contributed by atoms with E-state index in [0.29, 0.717) is 24.6 Å². The number of benzene rings is 1. The van der Waals surface area contributed by atoms with Gasteiger partial charge in [-0.15, -0.1) is 11.3 Å². The van der Waals surface area contributed by atoms with Crippen LogP contribution in [0.15, 0.2) is 47.0 Å². The van der Waals surface area contributed by atoms with Gasteiger partial charge in [0.2, 0.25) is 0 Å². The molecule has 8 heteroatoms. The number of amides is 1. The Morgan fingerprint density at radius 3 is 3.10 bits per heavy atom. The number of morpholine rings is 1.